The second kappa shape index (κ2) is 3.96. The van der Waals surface area contributed by atoms with Gasteiger partial charge in [0, 0.05) is 32.4 Å². The molecule has 0 N–H and O–H groups in total. The van der Waals surface area contributed by atoms with Crippen molar-refractivity contribution >= 4 is 5.82 Å². The molecule has 3 heteroatoms. The average molecular weight is 190 g/mol. The van der Waals surface area contributed by atoms with Crippen molar-refractivity contribution in [3.05, 3.63) is 23.4 Å². The molecule has 0 atom stereocenters. The summed E-state index contributed by atoms with van der Waals surface area (Å²) in [6.07, 6.45) is 1.95. The first-order valence-corrected chi connectivity index (χ1v) is 5.09. The third-order valence-electron chi connectivity index (χ3n) is 2.74. The fourth-order valence-electron chi connectivity index (χ4n) is 1.62. The van der Waals surface area contributed by atoms with Gasteiger partial charge < -0.3 is 4.90 Å². The Bertz CT molecular complexity index is 316. The Labute approximate surface area is 85.1 Å². The Hall–Kier alpha value is -1.09. The molecule has 0 bridgehead atoms. The Morgan fingerprint density at radius 3 is 2.50 bits per heavy atom. The van der Waals surface area contributed by atoms with Crippen LogP contribution < -0.4 is 10.2 Å². The lowest BCUT2D eigenvalue weighted by Crippen LogP contribution is -2.40. The minimum absolute atomic E-state index is 0.939. The number of aryl methyl sites for hydroxylation is 2. The van der Waals surface area contributed by atoms with Gasteiger partial charge in [0.25, 0.3) is 0 Å². The molecule has 2 heterocycles. The maximum absolute atomic E-state index is 4.45. The van der Waals surface area contributed by atoms with Crippen molar-refractivity contribution in [1.29, 1.82) is 0 Å². The number of hydrogen-bond donors (Lipinski definition) is 0. The van der Waals surface area contributed by atoms with E-state index in [9.17, 15) is 0 Å². The predicted molar refractivity (Wildman–Crippen MR) is 57.8 cm³/mol. The summed E-state index contributed by atoms with van der Waals surface area (Å²) >= 11 is 0. The minimum atomic E-state index is 0.939. The summed E-state index contributed by atoms with van der Waals surface area (Å²) in [6, 6.07) is 2.17. The van der Waals surface area contributed by atoms with Gasteiger partial charge in [0.2, 0.25) is 0 Å². The highest BCUT2D eigenvalue weighted by Gasteiger charge is 2.12. The first kappa shape index (κ1) is 9.46. The predicted octanol–water partition coefficient (Wildman–Crippen LogP) is 1.12. The molecular formula is C11H16N3. The van der Waals surface area contributed by atoms with E-state index < -0.39 is 0 Å². The van der Waals surface area contributed by atoms with Crippen LogP contribution in [0.5, 0.6) is 0 Å². The molecule has 0 aliphatic carbocycles. The van der Waals surface area contributed by atoms with Crippen molar-refractivity contribution in [2.75, 3.05) is 31.1 Å². The minimum Gasteiger partial charge on any atom is -0.354 e. The molecule has 3 nitrogen and oxygen atoms in total. The van der Waals surface area contributed by atoms with Crippen molar-refractivity contribution in [2.24, 2.45) is 0 Å². The molecule has 1 radical (unpaired) electrons. The molecule has 1 aliphatic heterocycles. The highest BCUT2D eigenvalue weighted by molar-refractivity contribution is 5.43. The van der Waals surface area contributed by atoms with Crippen molar-refractivity contribution in [2.45, 2.75) is 13.8 Å². The van der Waals surface area contributed by atoms with Crippen LogP contribution in [0, 0.1) is 13.8 Å². The molecule has 1 aromatic rings. The standard InChI is InChI=1S/C11H16N3/c1-9-7-11(13-8-10(9)2)14-5-3-12-4-6-14/h7-8H,3-6H2,1-2H3. The van der Waals surface area contributed by atoms with E-state index >= 15 is 0 Å². The summed E-state index contributed by atoms with van der Waals surface area (Å²) in [5.41, 5.74) is 2.58. The molecule has 1 aromatic heterocycles. The normalized spacial score (nSPS) is 17.1. The summed E-state index contributed by atoms with van der Waals surface area (Å²) in [5, 5.41) is 4.32. The van der Waals surface area contributed by atoms with E-state index in [1.165, 1.54) is 11.1 Å². The van der Waals surface area contributed by atoms with Crippen LogP contribution in [0.2, 0.25) is 0 Å². The number of anilines is 1. The fourth-order valence-corrected chi connectivity index (χ4v) is 1.62. The first-order chi connectivity index (χ1) is 6.77. The van der Waals surface area contributed by atoms with E-state index in [0.717, 1.165) is 32.0 Å². The van der Waals surface area contributed by atoms with Gasteiger partial charge in [-0.1, -0.05) is 0 Å². The van der Waals surface area contributed by atoms with Crippen LogP contribution in [0.4, 0.5) is 5.82 Å². The molecule has 0 amide bonds. The van der Waals surface area contributed by atoms with Gasteiger partial charge in [0.05, 0.1) is 0 Å². The first-order valence-electron chi connectivity index (χ1n) is 5.09. The van der Waals surface area contributed by atoms with Crippen molar-refractivity contribution in [1.82, 2.24) is 10.3 Å². The van der Waals surface area contributed by atoms with Gasteiger partial charge in [0.1, 0.15) is 5.82 Å². The zero-order chi connectivity index (χ0) is 9.97. The third kappa shape index (κ3) is 1.87. The van der Waals surface area contributed by atoms with Crippen LogP contribution in [0.25, 0.3) is 0 Å². The molecule has 0 unspecified atom stereocenters. The van der Waals surface area contributed by atoms with E-state index in [1.54, 1.807) is 0 Å². The van der Waals surface area contributed by atoms with E-state index in [-0.39, 0.29) is 0 Å². The van der Waals surface area contributed by atoms with Gasteiger partial charge in [-0.05, 0) is 31.0 Å². The summed E-state index contributed by atoms with van der Waals surface area (Å²) < 4.78 is 0. The molecule has 0 saturated carbocycles. The van der Waals surface area contributed by atoms with Crippen molar-refractivity contribution in [3.63, 3.8) is 0 Å². The molecule has 75 valence electrons. The maximum atomic E-state index is 4.45. The largest absolute Gasteiger partial charge is 0.354 e. The van der Waals surface area contributed by atoms with Gasteiger partial charge in [-0.15, -0.1) is 0 Å². The van der Waals surface area contributed by atoms with Crippen LogP contribution in [-0.4, -0.2) is 31.2 Å². The lowest BCUT2D eigenvalue weighted by Gasteiger charge is -2.27. The summed E-state index contributed by atoms with van der Waals surface area (Å²) in [4.78, 5) is 6.75. The van der Waals surface area contributed by atoms with Crippen LogP contribution in [-0.2, 0) is 0 Å². The van der Waals surface area contributed by atoms with Crippen molar-refractivity contribution in [3.8, 4) is 0 Å². The topological polar surface area (TPSA) is 30.2 Å². The summed E-state index contributed by atoms with van der Waals surface area (Å²) in [7, 11) is 0. The highest BCUT2D eigenvalue weighted by Crippen LogP contribution is 2.15. The molecule has 1 aliphatic rings. The Morgan fingerprint density at radius 2 is 1.86 bits per heavy atom. The molecule has 1 fully saturated rings. The van der Waals surface area contributed by atoms with E-state index in [2.05, 4.69) is 35.1 Å². The van der Waals surface area contributed by atoms with E-state index in [1.807, 2.05) is 6.20 Å². The molecule has 14 heavy (non-hydrogen) atoms. The van der Waals surface area contributed by atoms with E-state index in [4.69, 9.17) is 0 Å². The second-order valence-corrected chi connectivity index (χ2v) is 3.78. The molecule has 1 saturated heterocycles. The Kier molecular flexibility index (Phi) is 2.68. The van der Waals surface area contributed by atoms with Gasteiger partial charge in [0.15, 0.2) is 0 Å². The zero-order valence-electron chi connectivity index (χ0n) is 8.82. The number of pyridine rings is 1. The van der Waals surface area contributed by atoms with Crippen molar-refractivity contribution < 1.29 is 0 Å². The Balaban J connectivity index is 2.18. The smallest absolute Gasteiger partial charge is 0.128 e. The summed E-state index contributed by atoms with van der Waals surface area (Å²) in [6.45, 7) is 8.13. The van der Waals surface area contributed by atoms with Gasteiger partial charge in [-0.3, -0.25) is 0 Å². The lowest BCUT2D eigenvalue weighted by molar-refractivity contribution is 0.575. The fraction of sp³-hybridized carbons (Fsp3) is 0.545. The zero-order valence-corrected chi connectivity index (χ0v) is 8.82. The SMILES string of the molecule is Cc1cnc(N2CC[N]CC2)cc1C. The molecule has 0 spiro atoms. The number of rotatable bonds is 1. The number of nitrogens with zero attached hydrogens (tertiary/aromatic N) is 3. The molecular weight excluding hydrogens is 174 g/mol. The second-order valence-electron chi connectivity index (χ2n) is 3.78. The lowest BCUT2D eigenvalue weighted by atomic mass is 10.2. The van der Waals surface area contributed by atoms with E-state index in [0.29, 0.717) is 0 Å². The highest BCUT2D eigenvalue weighted by atomic mass is 15.2. The van der Waals surface area contributed by atoms with Gasteiger partial charge >= 0.3 is 0 Å². The summed E-state index contributed by atoms with van der Waals surface area (Å²) in [5.74, 6) is 1.10. The molecule has 2 rings (SSSR count). The maximum Gasteiger partial charge on any atom is 0.128 e. The van der Waals surface area contributed by atoms with Crippen LogP contribution in [0.1, 0.15) is 11.1 Å². The monoisotopic (exact) mass is 190 g/mol. The average Bonchev–Trinajstić information content (AvgIpc) is 2.23. The number of piperazine rings is 1. The van der Waals surface area contributed by atoms with Gasteiger partial charge in [-0.25, -0.2) is 10.3 Å². The van der Waals surface area contributed by atoms with Gasteiger partial charge in [-0.2, -0.15) is 0 Å². The molecule has 0 aromatic carbocycles. The number of aromatic nitrogens is 1. The quantitative estimate of drug-likeness (QED) is 0.664. The van der Waals surface area contributed by atoms with Crippen LogP contribution >= 0.6 is 0 Å². The van der Waals surface area contributed by atoms with Crippen LogP contribution in [0.3, 0.4) is 0 Å². The Morgan fingerprint density at radius 1 is 1.14 bits per heavy atom. The van der Waals surface area contributed by atoms with Crippen LogP contribution in [0.15, 0.2) is 12.3 Å². The third-order valence-corrected chi connectivity index (χ3v) is 2.74. The number of hydrogen-bond acceptors (Lipinski definition) is 2.